The highest BCUT2D eigenvalue weighted by molar-refractivity contribution is 6.34. The molecule has 0 bridgehead atoms. The molecule has 0 fully saturated rings. The molecule has 2 aromatic carbocycles. The van der Waals surface area contributed by atoms with E-state index in [2.05, 4.69) is 20.4 Å². The fraction of sp³-hybridized carbons (Fsp3) is 0.154. The van der Waals surface area contributed by atoms with Gasteiger partial charge in [0.05, 0.1) is 47.3 Å². The van der Waals surface area contributed by atoms with Crippen molar-refractivity contribution in [2.75, 3.05) is 12.4 Å². The standard InChI is InChI=1S/C26H20ClFN8O3/c1-14-4-18(11-30-10-14)36-25(37)32-24(31-22-6-16-12-34(2)33-21(16)7-19(22)27)35(26(36)38)13-17-5-15(9-29)20(28)8-23(17)39-3/h4-8,10-12H,13H2,1-3H3,(H,31,32,37). The van der Waals surface area contributed by atoms with Crippen molar-refractivity contribution in [2.45, 2.75) is 13.5 Å². The Morgan fingerprint density at radius 2 is 1.97 bits per heavy atom. The number of methoxy groups -OCH3 is 1. The molecular formula is C26H20ClFN8O3. The van der Waals surface area contributed by atoms with Gasteiger partial charge in [-0.15, -0.1) is 0 Å². The SMILES string of the molecule is COc1cc(F)c(C#N)cc1Cn1c(Nc2cc3cn(C)nc3cc2Cl)nc(=O)n(-c2cncc(C)c2)c1=O. The summed E-state index contributed by atoms with van der Waals surface area (Å²) in [6.45, 7) is 1.55. The van der Waals surface area contributed by atoms with Gasteiger partial charge in [0.15, 0.2) is 0 Å². The summed E-state index contributed by atoms with van der Waals surface area (Å²) in [5.74, 6) is -0.791. The number of nitrogens with one attached hydrogen (secondary N) is 1. The predicted octanol–water partition coefficient (Wildman–Crippen LogP) is 3.45. The average Bonchev–Trinajstić information content (AvgIpc) is 3.25. The number of benzene rings is 2. The Morgan fingerprint density at radius 1 is 1.18 bits per heavy atom. The molecule has 39 heavy (non-hydrogen) atoms. The van der Waals surface area contributed by atoms with Gasteiger partial charge in [0.1, 0.15) is 17.6 Å². The molecule has 5 aromatic rings. The summed E-state index contributed by atoms with van der Waals surface area (Å²) < 4.78 is 23.3. The summed E-state index contributed by atoms with van der Waals surface area (Å²) in [5.41, 5.74) is 0.435. The molecule has 3 heterocycles. The van der Waals surface area contributed by atoms with Crippen LogP contribution in [0.2, 0.25) is 5.02 Å². The lowest BCUT2D eigenvalue weighted by atomic mass is 10.1. The number of nitrogens with zero attached hydrogens (tertiary/aromatic N) is 7. The van der Waals surface area contributed by atoms with E-state index in [-0.39, 0.29) is 34.5 Å². The summed E-state index contributed by atoms with van der Waals surface area (Å²) in [4.78, 5) is 35.2. The zero-order valence-corrected chi connectivity index (χ0v) is 21.7. The molecule has 0 radical (unpaired) electrons. The maximum Gasteiger partial charge on any atom is 0.359 e. The Morgan fingerprint density at radius 3 is 2.69 bits per heavy atom. The van der Waals surface area contributed by atoms with Crippen LogP contribution in [-0.2, 0) is 13.6 Å². The molecule has 0 amide bonds. The van der Waals surface area contributed by atoms with Crippen molar-refractivity contribution in [3.8, 4) is 17.5 Å². The number of aryl methyl sites for hydroxylation is 2. The minimum absolute atomic E-state index is 0.106. The number of pyridine rings is 1. The van der Waals surface area contributed by atoms with Crippen LogP contribution in [0, 0.1) is 24.1 Å². The average molecular weight is 547 g/mol. The van der Waals surface area contributed by atoms with Crippen LogP contribution in [0.5, 0.6) is 5.75 Å². The van der Waals surface area contributed by atoms with Gasteiger partial charge in [-0.2, -0.15) is 15.3 Å². The lowest BCUT2D eigenvalue weighted by molar-refractivity contribution is 0.404. The van der Waals surface area contributed by atoms with Gasteiger partial charge < -0.3 is 10.1 Å². The van der Waals surface area contributed by atoms with Crippen LogP contribution in [-0.4, -0.2) is 36.0 Å². The Balaban J connectivity index is 1.72. The third-order valence-corrected chi connectivity index (χ3v) is 6.28. The minimum atomic E-state index is -0.853. The molecule has 0 aliphatic carbocycles. The van der Waals surface area contributed by atoms with E-state index in [9.17, 15) is 19.2 Å². The normalized spacial score (nSPS) is 11.0. The first-order valence-electron chi connectivity index (χ1n) is 11.5. The monoisotopic (exact) mass is 546 g/mol. The van der Waals surface area contributed by atoms with Crippen molar-refractivity contribution >= 4 is 34.1 Å². The zero-order chi connectivity index (χ0) is 27.8. The molecule has 11 nitrogen and oxygen atoms in total. The van der Waals surface area contributed by atoms with Crippen molar-refractivity contribution in [3.63, 3.8) is 0 Å². The first-order valence-corrected chi connectivity index (χ1v) is 11.9. The minimum Gasteiger partial charge on any atom is -0.496 e. The molecule has 0 aliphatic heterocycles. The van der Waals surface area contributed by atoms with Crippen molar-refractivity contribution < 1.29 is 9.13 Å². The lowest BCUT2D eigenvalue weighted by Crippen LogP contribution is -2.41. The highest BCUT2D eigenvalue weighted by atomic mass is 35.5. The number of hydrogen-bond donors (Lipinski definition) is 1. The van der Waals surface area contributed by atoms with E-state index in [1.165, 1.54) is 23.9 Å². The van der Waals surface area contributed by atoms with Gasteiger partial charge in [-0.25, -0.2) is 18.5 Å². The molecule has 0 aliphatic rings. The fourth-order valence-electron chi connectivity index (χ4n) is 4.17. The largest absolute Gasteiger partial charge is 0.496 e. The van der Waals surface area contributed by atoms with E-state index in [0.717, 1.165) is 21.6 Å². The zero-order valence-electron chi connectivity index (χ0n) is 20.9. The third kappa shape index (κ3) is 4.83. The number of aromatic nitrogens is 6. The number of anilines is 2. The van der Waals surface area contributed by atoms with Gasteiger partial charge in [-0.1, -0.05) is 11.6 Å². The van der Waals surface area contributed by atoms with Gasteiger partial charge >= 0.3 is 11.4 Å². The van der Waals surface area contributed by atoms with Crippen molar-refractivity contribution in [2.24, 2.45) is 7.05 Å². The van der Waals surface area contributed by atoms with Crippen molar-refractivity contribution in [1.29, 1.82) is 5.26 Å². The lowest BCUT2D eigenvalue weighted by Gasteiger charge is -2.17. The quantitative estimate of drug-likeness (QED) is 0.342. The van der Waals surface area contributed by atoms with Gasteiger partial charge in [-0.05, 0) is 36.8 Å². The molecule has 196 valence electrons. The van der Waals surface area contributed by atoms with Crippen LogP contribution in [0.1, 0.15) is 16.7 Å². The maximum atomic E-state index is 14.3. The van der Waals surface area contributed by atoms with E-state index in [4.69, 9.17) is 16.3 Å². The third-order valence-electron chi connectivity index (χ3n) is 5.96. The van der Waals surface area contributed by atoms with Gasteiger partial charge in [0.2, 0.25) is 5.95 Å². The van der Waals surface area contributed by atoms with E-state index in [1.54, 1.807) is 55.3 Å². The van der Waals surface area contributed by atoms with E-state index in [1.807, 2.05) is 0 Å². The second kappa shape index (κ2) is 10.0. The summed E-state index contributed by atoms with van der Waals surface area (Å²) in [5, 5.41) is 17.7. The van der Waals surface area contributed by atoms with E-state index in [0.29, 0.717) is 16.8 Å². The number of halogens is 2. The van der Waals surface area contributed by atoms with Gasteiger partial charge in [0.25, 0.3) is 0 Å². The summed E-state index contributed by atoms with van der Waals surface area (Å²) >= 11 is 6.49. The summed E-state index contributed by atoms with van der Waals surface area (Å²) in [6, 6.07) is 9.10. The van der Waals surface area contributed by atoms with Crippen LogP contribution in [0.25, 0.3) is 16.6 Å². The second-order valence-corrected chi connectivity index (χ2v) is 9.12. The molecule has 0 atom stereocenters. The fourth-order valence-corrected chi connectivity index (χ4v) is 4.37. The second-order valence-electron chi connectivity index (χ2n) is 8.72. The Labute approximate surface area is 225 Å². The predicted molar refractivity (Wildman–Crippen MR) is 142 cm³/mol. The van der Waals surface area contributed by atoms with Crippen LogP contribution >= 0.6 is 11.6 Å². The molecule has 1 N–H and O–H groups in total. The Hall–Kier alpha value is -5.02. The molecule has 0 saturated carbocycles. The van der Waals surface area contributed by atoms with E-state index < -0.39 is 17.2 Å². The van der Waals surface area contributed by atoms with Gasteiger partial charge in [0, 0.05) is 36.5 Å². The van der Waals surface area contributed by atoms with Crippen LogP contribution in [0.4, 0.5) is 16.0 Å². The van der Waals surface area contributed by atoms with Crippen molar-refractivity contribution in [3.05, 3.63) is 97.4 Å². The molecule has 3 aromatic heterocycles. The number of hydrogen-bond acceptors (Lipinski definition) is 8. The molecule has 5 rings (SSSR count). The molecule has 13 heteroatoms. The number of nitriles is 1. The molecule has 0 saturated heterocycles. The highest BCUT2D eigenvalue weighted by Crippen LogP contribution is 2.30. The van der Waals surface area contributed by atoms with Gasteiger partial charge in [-0.3, -0.25) is 14.2 Å². The molecule has 0 unspecified atom stereocenters. The smallest absolute Gasteiger partial charge is 0.359 e. The number of ether oxygens (including phenoxy) is 1. The summed E-state index contributed by atoms with van der Waals surface area (Å²) in [7, 11) is 3.11. The Bertz CT molecular complexity index is 1920. The highest BCUT2D eigenvalue weighted by Gasteiger charge is 2.20. The van der Waals surface area contributed by atoms with Crippen LogP contribution in [0.15, 0.2) is 58.5 Å². The van der Waals surface area contributed by atoms with E-state index >= 15 is 0 Å². The first kappa shape index (κ1) is 25.6. The molecular weight excluding hydrogens is 527 g/mol. The molecule has 0 spiro atoms. The van der Waals surface area contributed by atoms with Crippen LogP contribution < -0.4 is 21.4 Å². The van der Waals surface area contributed by atoms with Crippen LogP contribution in [0.3, 0.4) is 0 Å². The summed E-state index contributed by atoms with van der Waals surface area (Å²) in [6.07, 6.45) is 4.74. The van der Waals surface area contributed by atoms with Crippen molar-refractivity contribution in [1.82, 2.24) is 28.9 Å². The number of rotatable bonds is 6. The Kier molecular flexibility index (Phi) is 6.59. The number of fused-ring (bicyclic) bond motifs is 1. The topological polar surface area (TPSA) is 133 Å². The maximum absolute atomic E-state index is 14.3. The first-order chi connectivity index (χ1) is 18.7.